The molecule has 3 aromatic carbocycles. The van der Waals surface area contributed by atoms with Crippen LogP contribution in [-0.2, 0) is 16.1 Å². The Labute approximate surface area is 269 Å². The second kappa shape index (κ2) is 13.4. The Morgan fingerprint density at radius 3 is 2.53 bits per heavy atom. The van der Waals surface area contributed by atoms with E-state index in [9.17, 15) is 24.8 Å². The molecule has 0 bridgehead atoms. The highest BCUT2D eigenvalue weighted by Crippen LogP contribution is 2.49. The molecule has 1 aliphatic heterocycles. The van der Waals surface area contributed by atoms with Gasteiger partial charge in [-0.05, 0) is 67.6 Å². The minimum atomic E-state index is -1.43. The topological polar surface area (TPSA) is 134 Å². The number of aliphatic hydroxyl groups excluding tert-OH is 1. The predicted octanol–water partition coefficient (Wildman–Crippen LogP) is 5.55. The van der Waals surface area contributed by atoms with E-state index in [1.807, 2.05) is 4.90 Å². The van der Waals surface area contributed by atoms with Gasteiger partial charge in [0.15, 0.2) is 0 Å². The summed E-state index contributed by atoms with van der Waals surface area (Å²) in [5.41, 5.74) is -0.785. The van der Waals surface area contributed by atoms with Crippen LogP contribution in [0.4, 0.5) is 15.8 Å². The van der Waals surface area contributed by atoms with E-state index >= 15 is 4.39 Å². The molecule has 2 aliphatic rings. The van der Waals surface area contributed by atoms with Gasteiger partial charge in [-0.25, -0.2) is 9.18 Å². The summed E-state index contributed by atoms with van der Waals surface area (Å²) in [5.74, 6) is -2.47. The van der Waals surface area contributed by atoms with Crippen molar-refractivity contribution in [3.8, 4) is 0 Å². The number of nitrogens with zero attached hydrogens (tertiary/aromatic N) is 2. The van der Waals surface area contributed by atoms with Crippen LogP contribution in [0.25, 0.3) is 0 Å². The van der Waals surface area contributed by atoms with E-state index in [1.54, 1.807) is 43.3 Å². The average Bonchev–Trinajstić information content (AvgIpc) is 3.81. The van der Waals surface area contributed by atoms with Crippen molar-refractivity contribution in [1.82, 2.24) is 10.2 Å². The number of likely N-dealkylation sites (tertiary alicyclic amines) is 1. The number of nitro benzene ring substituents is 1. The Hall–Kier alpha value is -3.61. The number of carbonyl (C=O) groups is 2. The van der Waals surface area contributed by atoms with Gasteiger partial charge in [-0.3, -0.25) is 19.8 Å². The first-order valence-corrected chi connectivity index (χ1v) is 15.2. The minimum Gasteiger partial charge on any atom is -0.465 e. The number of methoxy groups -OCH3 is 1. The summed E-state index contributed by atoms with van der Waals surface area (Å²) in [5, 5.41) is 29.3. The van der Waals surface area contributed by atoms with Crippen molar-refractivity contribution in [2.24, 2.45) is 5.92 Å². The molecule has 0 radical (unpaired) electrons. The Morgan fingerprint density at radius 1 is 1.16 bits per heavy atom. The fraction of sp³-hybridized carbons (Fsp3) is 0.375. The van der Waals surface area contributed by atoms with Crippen LogP contribution < -0.4 is 10.6 Å². The lowest BCUT2D eigenvalue weighted by molar-refractivity contribution is -0.385. The van der Waals surface area contributed by atoms with Crippen LogP contribution in [0.5, 0.6) is 0 Å². The number of hydrogen-bond donors (Lipinski definition) is 3. The molecular formula is C32H33Cl2FN4O6. The molecular weight excluding hydrogens is 626 g/mol. The van der Waals surface area contributed by atoms with E-state index in [0.29, 0.717) is 17.3 Å². The lowest BCUT2D eigenvalue weighted by atomic mass is 9.77. The van der Waals surface area contributed by atoms with Crippen LogP contribution in [0.15, 0.2) is 60.7 Å². The van der Waals surface area contributed by atoms with Crippen molar-refractivity contribution in [1.29, 1.82) is 0 Å². The predicted molar refractivity (Wildman–Crippen MR) is 168 cm³/mol. The van der Waals surface area contributed by atoms with Gasteiger partial charge < -0.3 is 20.5 Å². The third-order valence-electron chi connectivity index (χ3n) is 8.80. The average molecular weight is 660 g/mol. The number of hydrogen-bond acceptors (Lipinski definition) is 8. The SMILES string of the molecule is COC(=O)c1ccc([N+](=O)[O-])c(CN[C@@H]2[C@H](CO)N(CC3CC3)[C@@](C)(C(=O)Nc3cccc(Cl)c3)[C@H]2c2cccc(Cl)c2F)c1. The summed E-state index contributed by atoms with van der Waals surface area (Å²) >= 11 is 12.4. The van der Waals surface area contributed by atoms with Gasteiger partial charge in [0.05, 0.1) is 29.2 Å². The third kappa shape index (κ3) is 6.54. The molecule has 1 saturated carbocycles. The number of anilines is 1. The smallest absolute Gasteiger partial charge is 0.337 e. The van der Waals surface area contributed by atoms with Crippen molar-refractivity contribution < 1.29 is 28.7 Å². The maximum atomic E-state index is 15.9. The number of halogens is 3. The number of esters is 1. The lowest BCUT2D eigenvalue weighted by Gasteiger charge is -2.40. The van der Waals surface area contributed by atoms with Crippen LogP contribution in [0.3, 0.4) is 0 Å². The highest BCUT2D eigenvalue weighted by atomic mass is 35.5. The fourth-order valence-electron chi connectivity index (χ4n) is 6.39. The van der Waals surface area contributed by atoms with Crippen molar-refractivity contribution >= 4 is 46.5 Å². The van der Waals surface area contributed by atoms with Crippen molar-refractivity contribution in [2.45, 2.75) is 49.9 Å². The zero-order chi connectivity index (χ0) is 32.5. The van der Waals surface area contributed by atoms with Gasteiger partial charge in [0.25, 0.3) is 5.69 Å². The standard InChI is InChI=1S/C32H33Cl2FN4O6/c1-32(31(42)37-22-6-3-5-21(33)14-22)27(23-7-4-8-24(34)28(23)35)29(26(17-40)38(32)16-18-9-10-18)36-15-20-13-19(30(41)45-2)11-12-25(20)39(43)44/h3-8,11-14,18,26-27,29,36,40H,9-10,15-17H2,1-2H3,(H,37,42)/t26-,27-,29+,32+/m0/s1. The Bertz CT molecular complexity index is 1620. The maximum absolute atomic E-state index is 15.9. The van der Waals surface area contributed by atoms with Gasteiger partial charge >= 0.3 is 5.97 Å². The summed E-state index contributed by atoms with van der Waals surface area (Å²) in [7, 11) is 1.21. The first kappa shape index (κ1) is 32.8. The number of nitrogens with one attached hydrogen (secondary N) is 2. The largest absolute Gasteiger partial charge is 0.465 e. The number of amides is 1. The molecule has 5 rings (SSSR count). The second-order valence-electron chi connectivity index (χ2n) is 11.6. The normalized spacial score (nSPS) is 23.1. The molecule has 1 heterocycles. The molecule has 0 aromatic heterocycles. The summed E-state index contributed by atoms with van der Waals surface area (Å²) in [6, 6.07) is 13.6. The lowest BCUT2D eigenvalue weighted by Crippen LogP contribution is -2.56. The maximum Gasteiger partial charge on any atom is 0.337 e. The summed E-state index contributed by atoms with van der Waals surface area (Å²) in [4.78, 5) is 39.9. The van der Waals surface area contributed by atoms with Crippen LogP contribution in [0.2, 0.25) is 10.0 Å². The Balaban J connectivity index is 1.62. The summed E-state index contributed by atoms with van der Waals surface area (Å²) in [6.07, 6.45) is 1.89. The van der Waals surface area contributed by atoms with Crippen LogP contribution in [0, 0.1) is 21.8 Å². The van der Waals surface area contributed by atoms with E-state index in [1.165, 1.54) is 31.4 Å². The van der Waals surface area contributed by atoms with Crippen LogP contribution >= 0.6 is 23.2 Å². The van der Waals surface area contributed by atoms with Gasteiger partial charge in [-0.2, -0.15) is 0 Å². The Morgan fingerprint density at radius 2 is 1.89 bits per heavy atom. The quantitative estimate of drug-likeness (QED) is 0.139. The summed E-state index contributed by atoms with van der Waals surface area (Å²) in [6.45, 7) is 1.64. The zero-order valence-corrected chi connectivity index (χ0v) is 26.1. The van der Waals surface area contributed by atoms with Crippen LogP contribution in [0.1, 0.15) is 47.2 Å². The molecule has 13 heteroatoms. The van der Waals surface area contributed by atoms with E-state index in [2.05, 4.69) is 10.6 Å². The highest BCUT2D eigenvalue weighted by molar-refractivity contribution is 6.31. The number of carbonyl (C=O) groups excluding carboxylic acids is 2. The van der Waals surface area contributed by atoms with Crippen molar-refractivity contribution in [3.05, 3.63) is 103 Å². The number of benzene rings is 3. The molecule has 1 amide bonds. The van der Waals surface area contributed by atoms with Gasteiger partial charge in [0.1, 0.15) is 11.4 Å². The molecule has 238 valence electrons. The fourth-order valence-corrected chi connectivity index (χ4v) is 6.76. The van der Waals surface area contributed by atoms with E-state index in [-0.39, 0.29) is 39.9 Å². The first-order chi connectivity index (χ1) is 21.5. The van der Waals surface area contributed by atoms with Gasteiger partial charge in [-0.15, -0.1) is 0 Å². The molecule has 0 spiro atoms. The molecule has 1 saturated heterocycles. The monoisotopic (exact) mass is 658 g/mol. The number of nitro groups is 1. The highest BCUT2D eigenvalue weighted by Gasteiger charge is 2.61. The minimum absolute atomic E-state index is 0.114. The van der Waals surface area contributed by atoms with Crippen molar-refractivity contribution in [3.63, 3.8) is 0 Å². The molecule has 45 heavy (non-hydrogen) atoms. The van der Waals surface area contributed by atoms with Crippen molar-refractivity contribution in [2.75, 3.05) is 25.6 Å². The van der Waals surface area contributed by atoms with Gasteiger partial charge in [0, 0.05) is 53.4 Å². The zero-order valence-electron chi connectivity index (χ0n) is 24.6. The number of ether oxygens (including phenoxy) is 1. The summed E-state index contributed by atoms with van der Waals surface area (Å²) < 4.78 is 20.7. The van der Waals surface area contributed by atoms with E-state index < -0.39 is 52.8 Å². The molecule has 4 atom stereocenters. The van der Waals surface area contributed by atoms with E-state index in [4.69, 9.17) is 27.9 Å². The second-order valence-corrected chi connectivity index (χ2v) is 12.4. The third-order valence-corrected chi connectivity index (χ3v) is 9.33. The molecule has 3 aromatic rings. The molecule has 1 aliphatic carbocycles. The number of rotatable bonds is 11. The van der Waals surface area contributed by atoms with Crippen LogP contribution in [-0.4, -0.2) is 64.7 Å². The first-order valence-electron chi connectivity index (χ1n) is 14.5. The van der Waals surface area contributed by atoms with E-state index in [0.717, 1.165) is 12.8 Å². The molecule has 0 unspecified atom stereocenters. The number of aliphatic hydroxyl groups is 1. The molecule has 2 fully saturated rings. The molecule has 3 N–H and O–H groups in total. The van der Waals surface area contributed by atoms with Gasteiger partial charge in [0.2, 0.25) is 5.91 Å². The molecule has 10 nitrogen and oxygen atoms in total. The Kier molecular flexibility index (Phi) is 9.76. The van der Waals surface area contributed by atoms with Gasteiger partial charge in [-0.1, -0.05) is 41.4 Å².